The van der Waals surface area contributed by atoms with Gasteiger partial charge in [0, 0.05) is 19.7 Å². The van der Waals surface area contributed by atoms with Crippen LogP contribution in [0.5, 0.6) is 5.75 Å². The SMILES string of the molecule is COC(CN)C(=O)NC(C)CCc1ccc(O)cc1. The van der Waals surface area contributed by atoms with Crippen molar-refractivity contribution < 1.29 is 14.6 Å². The van der Waals surface area contributed by atoms with E-state index in [9.17, 15) is 9.90 Å². The maximum absolute atomic E-state index is 11.7. The molecule has 5 heteroatoms. The summed E-state index contributed by atoms with van der Waals surface area (Å²) in [6, 6.07) is 7.12. The van der Waals surface area contributed by atoms with E-state index < -0.39 is 6.10 Å². The van der Waals surface area contributed by atoms with Gasteiger partial charge in [0.2, 0.25) is 0 Å². The van der Waals surface area contributed by atoms with E-state index in [0.717, 1.165) is 18.4 Å². The summed E-state index contributed by atoms with van der Waals surface area (Å²) in [5.74, 6) is 0.0826. The molecule has 2 atom stereocenters. The van der Waals surface area contributed by atoms with Gasteiger partial charge in [-0.05, 0) is 37.5 Å². The second kappa shape index (κ2) is 7.76. The number of hydrogen-bond donors (Lipinski definition) is 3. The maximum atomic E-state index is 11.7. The van der Waals surface area contributed by atoms with Crippen molar-refractivity contribution in [3.05, 3.63) is 29.8 Å². The van der Waals surface area contributed by atoms with Crippen molar-refractivity contribution in [2.24, 2.45) is 5.73 Å². The summed E-state index contributed by atoms with van der Waals surface area (Å²) in [7, 11) is 1.47. The maximum Gasteiger partial charge on any atom is 0.250 e. The lowest BCUT2D eigenvalue weighted by Crippen LogP contribution is -2.44. The van der Waals surface area contributed by atoms with Crippen molar-refractivity contribution in [2.45, 2.75) is 31.9 Å². The Bertz CT molecular complexity index is 388. The normalized spacial score (nSPS) is 13.8. The van der Waals surface area contributed by atoms with E-state index in [2.05, 4.69) is 5.32 Å². The molecule has 0 aromatic heterocycles. The smallest absolute Gasteiger partial charge is 0.250 e. The first-order chi connectivity index (χ1) is 9.06. The van der Waals surface area contributed by atoms with Crippen molar-refractivity contribution in [2.75, 3.05) is 13.7 Å². The Morgan fingerprint density at radius 3 is 2.58 bits per heavy atom. The third-order valence-electron chi connectivity index (χ3n) is 2.98. The second-order valence-electron chi connectivity index (χ2n) is 4.57. The van der Waals surface area contributed by atoms with Crippen LogP contribution in [0.25, 0.3) is 0 Å². The minimum atomic E-state index is -0.587. The van der Waals surface area contributed by atoms with Crippen LogP contribution >= 0.6 is 0 Å². The van der Waals surface area contributed by atoms with Gasteiger partial charge in [-0.2, -0.15) is 0 Å². The monoisotopic (exact) mass is 266 g/mol. The van der Waals surface area contributed by atoms with Gasteiger partial charge in [0.05, 0.1) is 0 Å². The van der Waals surface area contributed by atoms with Gasteiger partial charge in [-0.1, -0.05) is 12.1 Å². The molecule has 1 amide bonds. The summed E-state index contributed by atoms with van der Waals surface area (Å²) in [6.07, 6.45) is 1.07. The fourth-order valence-electron chi connectivity index (χ4n) is 1.76. The molecule has 0 radical (unpaired) electrons. The Balaban J connectivity index is 2.37. The van der Waals surface area contributed by atoms with Crippen LogP contribution in [0.3, 0.4) is 0 Å². The summed E-state index contributed by atoms with van der Waals surface area (Å²) < 4.78 is 4.97. The highest BCUT2D eigenvalue weighted by Gasteiger charge is 2.17. The molecule has 0 bridgehead atoms. The van der Waals surface area contributed by atoms with E-state index in [1.807, 2.05) is 19.1 Å². The molecule has 0 spiro atoms. The first-order valence-corrected chi connectivity index (χ1v) is 6.38. The summed E-state index contributed by atoms with van der Waals surface area (Å²) in [6.45, 7) is 2.12. The molecular formula is C14H22N2O3. The van der Waals surface area contributed by atoms with Crippen molar-refractivity contribution in [3.8, 4) is 5.75 Å². The lowest BCUT2D eigenvalue weighted by molar-refractivity contribution is -0.131. The standard InChI is InChI=1S/C14H22N2O3/c1-10(16-14(18)13(9-15)19-2)3-4-11-5-7-12(17)8-6-11/h5-8,10,13,17H,3-4,9,15H2,1-2H3,(H,16,18). The molecule has 4 N–H and O–H groups in total. The first-order valence-electron chi connectivity index (χ1n) is 6.38. The van der Waals surface area contributed by atoms with Gasteiger partial charge >= 0.3 is 0 Å². The zero-order valence-corrected chi connectivity index (χ0v) is 11.4. The molecule has 1 aromatic carbocycles. The molecule has 5 nitrogen and oxygen atoms in total. The highest BCUT2D eigenvalue weighted by Crippen LogP contribution is 2.11. The predicted octanol–water partition coefficient (Wildman–Crippen LogP) is 0.803. The van der Waals surface area contributed by atoms with E-state index in [0.29, 0.717) is 0 Å². The Morgan fingerprint density at radius 1 is 1.42 bits per heavy atom. The molecule has 19 heavy (non-hydrogen) atoms. The summed E-state index contributed by atoms with van der Waals surface area (Å²) >= 11 is 0. The van der Waals surface area contributed by atoms with Crippen LogP contribution in [-0.4, -0.2) is 36.8 Å². The van der Waals surface area contributed by atoms with Crippen LogP contribution in [0.1, 0.15) is 18.9 Å². The van der Waals surface area contributed by atoms with Crippen molar-refractivity contribution >= 4 is 5.91 Å². The van der Waals surface area contributed by atoms with Crippen molar-refractivity contribution in [1.82, 2.24) is 5.32 Å². The fraction of sp³-hybridized carbons (Fsp3) is 0.500. The van der Waals surface area contributed by atoms with Crippen LogP contribution in [0, 0.1) is 0 Å². The highest BCUT2D eigenvalue weighted by molar-refractivity contribution is 5.81. The fourth-order valence-corrected chi connectivity index (χ4v) is 1.76. The molecule has 0 fully saturated rings. The average Bonchev–Trinajstić information content (AvgIpc) is 2.39. The molecule has 0 heterocycles. The number of nitrogens with two attached hydrogens (primary N) is 1. The summed E-state index contributed by atoms with van der Waals surface area (Å²) in [4.78, 5) is 11.7. The van der Waals surface area contributed by atoms with Gasteiger partial charge in [-0.15, -0.1) is 0 Å². The van der Waals surface area contributed by atoms with Crippen LogP contribution in [0.2, 0.25) is 0 Å². The van der Waals surface area contributed by atoms with Crippen molar-refractivity contribution in [3.63, 3.8) is 0 Å². The zero-order valence-electron chi connectivity index (χ0n) is 11.4. The second-order valence-corrected chi connectivity index (χ2v) is 4.57. The van der Waals surface area contributed by atoms with E-state index in [1.165, 1.54) is 7.11 Å². The van der Waals surface area contributed by atoms with E-state index in [1.54, 1.807) is 12.1 Å². The number of phenolic OH excluding ortho intramolecular Hbond substituents is 1. The number of rotatable bonds is 7. The minimum absolute atomic E-state index is 0.0468. The number of phenols is 1. The third-order valence-corrected chi connectivity index (χ3v) is 2.98. The zero-order chi connectivity index (χ0) is 14.3. The van der Waals surface area contributed by atoms with Crippen LogP contribution < -0.4 is 11.1 Å². The summed E-state index contributed by atoms with van der Waals surface area (Å²) in [5.41, 5.74) is 6.56. The number of nitrogens with one attached hydrogen (secondary N) is 1. The van der Waals surface area contributed by atoms with Gasteiger partial charge in [0.1, 0.15) is 11.9 Å². The predicted molar refractivity (Wildman–Crippen MR) is 73.9 cm³/mol. The molecule has 0 aliphatic carbocycles. The number of benzene rings is 1. The number of carbonyl (C=O) groups is 1. The molecule has 0 saturated heterocycles. The van der Waals surface area contributed by atoms with E-state index in [-0.39, 0.29) is 24.2 Å². The van der Waals surface area contributed by atoms with E-state index >= 15 is 0 Å². The molecule has 0 aliphatic heterocycles. The van der Waals surface area contributed by atoms with E-state index in [4.69, 9.17) is 10.5 Å². The lowest BCUT2D eigenvalue weighted by atomic mass is 10.1. The van der Waals surface area contributed by atoms with Crippen LogP contribution in [-0.2, 0) is 16.0 Å². The van der Waals surface area contributed by atoms with Gasteiger partial charge in [0.25, 0.3) is 5.91 Å². The minimum Gasteiger partial charge on any atom is -0.508 e. The molecule has 2 unspecified atom stereocenters. The van der Waals surface area contributed by atoms with Gasteiger partial charge in [-0.25, -0.2) is 0 Å². The van der Waals surface area contributed by atoms with Gasteiger partial charge in [0.15, 0.2) is 0 Å². The largest absolute Gasteiger partial charge is 0.508 e. The lowest BCUT2D eigenvalue weighted by Gasteiger charge is -2.18. The number of methoxy groups -OCH3 is 1. The molecule has 0 aliphatic rings. The molecular weight excluding hydrogens is 244 g/mol. The van der Waals surface area contributed by atoms with Crippen molar-refractivity contribution in [1.29, 1.82) is 0 Å². The molecule has 1 rings (SSSR count). The first kappa shape index (κ1) is 15.5. The summed E-state index contributed by atoms with van der Waals surface area (Å²) in [5, 5.41) is 12.1. The Kier molecular flexibility index (Phi) is 6.32. The average molecular weight is 266 g/mol. The molecule has 106 valence electrons. The number of amides is 1. The van der Waals surface area contributed by atoms with Crippen LogP contribution in [0.4, 0.5) is 0 Å². The Morgan fingerprint density at radius 2 is 2.05 bits per heavy atom. The number of hydrogen-bond acceptors (Lipinski definition) is 4. The Labute approximate surface area is 113 Å². The number of aromatic hydroxyl groups is 1. The quantitative estimate of drug-likeness (QED) is 0.681. The number of carbonyl (C=O) groups excluding carboxylic acids is 1. The van der Waals surface area contributed by atoms with Gasteiger partial charge in [-0.3, -0.25) is 4.79 Å². The Hall–Kier alpha value is -1.59. The van der Waals surface area contributed by atoms with Gasteiger partial charge < -0.3 is 20.9 Å². The van der Waals surface area contributed by atoms with Crippen LogP contribution in [0.15, 0.2) is 24.3 Å². The molecule has 0 saturated carbocycles. The molecule has 1 aromatic rings. The third kappa shape index (κ3) is 5.28. The number of ether oxygens (including phenoxy) is 1. The number of aryl methyl sites for hydroxylation is 1. The topological polar surface area (TPSA) is 84.6 Å². The highest BCUT2D eigenvalue weighted by atomic mass is 16.5.